The Morgan fingerprint density at radius 2 is 2.00 bits per heavy atom. The topological polar surface area (TPSA) is 116 Å². The van der Waals surface area contributed by atoms with Crippen LogP contribution in [0.1, 0.15) is 12.8 Å². The fourth-order valence-electron chi connectivity index (χ4n) is 1.93. The predicted octanol–water partition coefficient (Wildman–Crippen LogP) is 2.69. The van der Waals surface area contributed by atoms with E-state index in [1.807, 2.05) is 0 Å². The van der Waals surface area contributed by atoms with Gasteiger partial charge in [-0.25, -0.2) is 0 Å². The first-order valence-corrected chi connectivity index (χ1v) is 7.63. The molecule has 1 aromatic rings. The van der Waals surface area contributed by atoms with Crippen LogP contribution in [0, 0.1) is 16.0 Å². The number of nitro benzene ring substituents is 1. The zero-order chi connectivity index (χ0) is 15.8. The number of nitro groups is 1. The van der Waals surface area contributed by atoms with E-state index in [9.17, 15) is 20.0 Å². The molecule has 1 aliphatic rings. The monoisotopic (exact) mass is 422 g/mol. The highest BCUT2D eigenvalue weighted by atomic mass is 79.9. The van der Waals surface area contributed by atoms with E-state index in [1.54, 1.807) is 0 Å². The van der Waals surface area contributed by atoms with E-state index in [4.69, 9.17) is 10.5 Å². The van der Waals surface area contributed by atoms with Crippen molar-refractivity contribution < 1.29 is 19.6 Å². The number of benzene rings is 1. The maximum Gasteiger partial charge on any atom is 0.327 e. The molecule has 2 rings (SSSR count). The molecular formula is C12H12Br2N2O5. The van der Waals surface area contributed by atoms with E-state index in [-0.39, 0.29) is 24.0 Å². The predicted molar refractivity (Wildman–Crippen MR) is 81.3 cm³/mol. The van der Waals surface area contributed by atoms with Crippen molar-refractivity contribution in [1.29, 1.82) is 0 Å². The highest BCUT2D eigenvalue weighted by Crippen LogP contribution is 2.41. The Kier molecular flexibility index (Phi) is 4.54. The lowest BCUT2D eigenvalue weighted by Gasteiger charge is -2.25. The van der Waals surface area contributed by atoms with Crippen molar-refractivity contribution in [2.24, 2.45) is 11.7 Å². The second kappa shape index (κ2) is 5.90. The summed E-state index contributed by atoms with van der Waals surface area (Å²) in [4.78, 5) is 21.5. The van der Waals surface area contributed by atoms with Crippen molar-refractivity contribution in [2.75, 3.05) is 6.61 Å². The number of nitrogens with two attached hydrogens (primary N) is 1. The molecule has 7 nitrogen and oxygen atoms in total. The third-order valence-electron chi connectivity index (χ3n) is 3.35. The summed E-state index contributed by atoms with van der Waals surface area (Å²) in [5.41, 5.74) is 4.35. The van der Waals surface area contributed by atoms with Crippen LogP contribution in [0.25, 0.3) is 0 Å². The van der Waals surface area contributed by atoms with E-state index < -0.39 is 16.4 Å². The van der Waals surface area contributed by atoms with Crippen molar-refractivity contribution in [3.63, 3.8) is 0 Å². The number of ether oxygens (including phenoxy) is 1. The summed E-state index contributed by atoms with van der Waals surface area (Å²) < 4.78 is 6.22. The number of rotatable bonds is 6. The van der Waals surface area contributed by atoms with Crippen LogP contribution < -0.4 is 10.5 Å². The molecule has 0 aromatic heterocycles. The number of carbonyl (C=O) groups is 1. The Morgan fingerprint density at radius 3 is 2.38 bits per heavy atom. The van der Waals surface area contributed by atoms with Crippen molar-refractivity contribution in [3.8, 4) is 5.75 Å². The second-order valence-corrected chi connectivity index (χ2v) is 6.61. The van der Waals surface area contributed by atoms with Gasteiger partial charge in [-0.1, -0.05) is 0 Å². The molecule has 21 heavy (non-hydrogen) atoms. The highest BCUT2D eigenvalue weighted by molar-refractivity contribution is 9.11. The van der Waals surface area contributed by atoms with Gasteiger partial charge in [-0.15, -0.1) is 0 Å². The molecule has 3 N–H and O–H groups in total. The average Bonchev–Trinajstić information content (AvgIpc) is 3.21. The fourth-order valence-corrected chi connectivity index (χ4v) is 3.33. The molecule has 0 spiro atoms. The summed E-state index contributed by atoms with van der Waals surface area (Å²) in [5.74, 6) is -0.929. The summed E-state index contributed by atoms with van der Waals surface area (Å²) in [5, 5.41) is 20.0. The maximum absolute atomic E-state index is 11.3. The van der Waals surface area contributed by atoms with Gasteiger partial charge in [0.05, 0.1) is 13.9 Å². The first-order chi connectivity index (χ1) is 9.75. The maximum atomic E-state index is 11.3. The number of aliphatic carboxylic acids is 1. The van der Waals surface area contributed by atoms with Crippen LogP contribution in [0.5, 0.6) is 5.75 Å². The fraction of sp³-hybridized carbons (Fsp3) is 0.417. The standard InChI is InChI=1S/C12H12Br2N2O5/c13-8-3-7(16(19)20)4-9(14)10(8)21-5-12(15,11(17)18)6-1-2-6/h3-4,6H,1-2,5,15H2,(H,17,18). The minimum atomic E-state index is -1.44. The lowest BCUT2D eigenvalue weighted by atomic mass is 9.96. The van der Waals surface area contributed by atoms with Gasteiger partial charge in [0.25, 0.3) is 5.69 Å². The third-order valence-corrected chi connectivity index (χ3v) is 4.53. The van der Waals surface area contributed by atoms with Crippen LogP contribution in [0.3, 0.4) is 0 Å². The van der Waals surface area contributed by atoms with Gasteiger partial charge in [-0.05, 0) is 50.6 Å². The number of non-ortho nitro benzene ring substituents is 1. The SMILES string of the molecule is NC(COc1c(Br)cc([N+](=O)[O-])cc1Br)(C(=O)O)C1CC1. The van der Waals surface area contributed by atoms with E-state index in [2.05, 4.69) is 31.9 Å². The van der Waals surface area contributed by atoms with Crippen LogP contribution in [0.2, 0.25) is 0 Å². The van der Waals surface area contributed by atoms with E-state index in [1.165, 1.54) is 12.1 Å². The van der Waals surface area contributed by atoms with Crippen LogP contribution in [0.15, 0.2) is 21.1 Å². The van der Waals surface area contributed by atoms with Crippen molar-refractivity contribution >= 4 is 43.5 Å². The molecule has 0 aliphatic heterocycles. The molecule has 0 heterocycles. The minimum absolute atomic E-state index is 0.106. The molecule has 0 amide bonds. The Morgan fingerprint density at radius 1 is 1.48 bits per heavy atom. The summed E-state index contributed by atoms with van der Waals surface area (Å²) in [7, 11) is 0. The normalized spacial score (nSPS) is 17.1. The van der Waals surface area contributed by atoms with Crippen LogP contribution in [0.4, 0.5) is 5.69 Å². The number of carboxylic acids is 1. The number of nitrogens with zero attached hydrogens (tertiary/aromatic N) is 1. The average molecular weight is 424 g/mol. The van der Waals surface area contributed by atoms with Gasteiger partial charge in [0.15, 0.2) is 5.54 Å². The smallest absolute Gasteiger partial charge is 0.327 e. The molecule has 114 valence electrons. The third kappa shape index (κ3) is 3.35. The summed E-state index contributed by atoms with van der Waals surface area (Å²) in [6.07, 6.45) is 1.52. The van der Waals surface area contributed by atoms with Crippen LogP contribution >= 0.6 is 31.9 Å². The number of carboxylic acid groups (broad SMARTS) is 1. The van der Waals surface area contributed by atoms with E-state index in [0.29, 0.717) is 8.95 Å². The summed E-state index contributed by atoms with van der Waals surface area (Å²) in [6.45, 7) is -0.206. The van der Waals surface area contributed by atoms with Crippen LogP contribution in [-0.4, -0.2) is 28.1 Å². The van der Waals surface area contributed by atoms with Gasteiger partial charge in [-0.2, -0.15) is 0 Å². The zero-order valence-electron chi connectivity index (χ0n) is 10.7. The molecule has 1 aromatic carbocycles. The molecule has 0 radical (unpaired) electrons. The first kappa shape index (κ1) is 16.2. The van der Waals surface area contributed by atoms with Crippen molar-refractivity contribution in [3.05, 3.63) is 31.2 Å². The zero-order valence-corrected chi connectivity index (χ0v) is 13.9. The van der Waals surface area contributed by atoms with Crippen molar-refractivity contribution in [2.45, 2.75) is 18.4 Å². The molecular weight excluding hydrogens is 412 g/mol. The lowest BCUT2D eigenvalue weighted by Crippen LogP contribution is -2.54. The Bertz CT molecular complexity index is 582. The number of halogens is 2. The molecule has 9 heteroatoms. The quantitative estimate of drug-likeness (QED) is 0.536. The second-order valence-electron chi connectivity index (χ2n) is 4.90. The summed E-state index contributed by atoms with van der Waals surface area (Å²) in [6, 6.07) is 2.58. The molecule has 0 saturated heterocycles. The van der Waals surface area contributed by atoms with Gasteiger partial charge < -0.3 is 15.6 Å². The van der Waals surface area contributed by atoms with Gasteiger partial charge in [0, 0.05) is 12.1 Å². The Balaban J connectivity index is 2.20. The number of hydrogen-bond donors (Lipinski definition) is 2. The molecule has 1 atom stereocenters. The summed E-state index contributed by atoms with van der Waals surface area (Å²) >= 11 is 6.35. The molecule has 1 unspecified atom stereocenters. The minimum Gasteiger partial charge on any atom is -0.489 e. The van der Waals surface area contributed by atoms with Crippen LogP contribution in [-0.2, 0) is 4.79 Å². The van der Waals surface area contributed by atoms with E-state index in [0.717, 1.165) is 12.8 Å². The first-order valence-electron chi connectivity index (χ1n) is 6.04. The van der Waals surface area contributed by atoms with E-state index >= 15 is 0 Å². The van der Waals surface area contributed by atoms with Gasteiger partial charge in [-0.3, -0.25) is 14.9 Å². The van der Waals surface area contributed by atoms with Crippen molar-refractivity contribution in [1.82, 2.24) is 0 Å². The Hall–Kier alpha value is -1.19. The number of hydrogen-bond acceptors (Lipinski definition) is 5. The van der Waals surface area contributed by atoms with Gasteiger partial charge >= 0.3 is 5.97 Å². The van der Waals surface area contributed by atoms with Gasteiger partial charge in [0.2, 0.25) is 0 Å². The van der Waals surface area contributed by atoms with Gasteiger partial charge in [0.1, 0.15) is 12.4 Å². The molecule has 0 bridgehead atoms. The lowest BCUT2D eigenvalue weighted by molar-refractivity contribution is -0.385. The highest BCUT2D eigenvalue weighted by Gasteiger charge is 2.49. The molecule has 1 aliphatic carbocycles. The molecule has 1 fully saturated rings. The Labute approximate surface area is 136 Å². The molecule has 1 saturated carbocycles. The largest absolute Gasteiger partial charge is 0.489 e.